The smallest absolute Gasteiger partial charge is 0.222 e. The molecule has 0 spiro atoms. The maximum absolute atomic E-state index is 11.8. The summed E-state index contributed by atoms with van der Waals surface area (Å²) in [4.78, 5) is 21.1. The predicted molar refractivity (Wildman–Crippen MR) is 119 cm³/mol. The molecule has 0 saturated carbocycles. The number of amides is 1. The SMILES string of the molecule is CCNC(=NCCN1CC(C)CC(C)C1)NC1CCN(C(=O)CC)C1.I. The summed E-state index contributed by atoms with van der Waals surface area (Å²) in [6, 6.07) is 0.309. The third kappa shape index (κ3) is 7.58. The number of hydrogen-bond acceptors (Lipinski definition) is 3. The molecule has 152 valence electrons. The van der Waals surface area contributed by atoms with Crippen LogP contribution >= 0.6 is 24.0 Å². The Bertz CT molecular complexity index is 449. The first-order valence-corrected chi connectivity index (χ1v) is 10.1. The van der Waals surface area contributed by atoms with Gasteiger partial charge in [0.1, 0.15) is 0 Å². The van der Waals surface area contributed by atoms with Gasteiger partial charge in [-0.15, -0.1) is 24.0 Å². The van der Waals surface area contributed by atoms with Gasteiger partial charge in [-0.25, -0.2) is 0 Å². The third-order valence-corrected chi connectivity index (χ3v) is 5.16. The summed E-state index contributed by atoms with van der Waals surface area (Å²) in [7, 11) is 0. The molecule has 2 fully saturated rings. The van der Waals surface area contributed by atoms with E-state index in [1.807, 2.05) is 11.8 Å². The molecule has 0 aromatic rings. The fraction of sp³-hybridized carbons (Fsp3) is 0.895. The molecule has 2 aliphatic rings. The molecule has 0 radical (unpaired) electrons. The van der Waals surface area contributed by atoms with E-state index in [0.717, 1.165) is 56.9 Å². The maximum atomic E-state index is 11.8. The number of hydrogen-bond donors (Lipinski definition) is 2. The first-order chi connectivity index (χ1) is 12.0. The van der Waals surface area contributed by atoms with Crippen molar-refractivity contribution in [1.29, 1.82) is 0 Å². The van der Waals surface area contributed by atoms with Crippen molar-refractivity contribution in [3.05, 3.63) is 0 Å². The molecule has 0 aromatic carbocycles. The summed E-state index contributed by atoms with van der Waals surface area (Å²) in [5.41, 5.74) is 0. The van der Waals surface area contributed by atoms with Crippen LogP contribution in [0.25, 0.3) is 0 Å². The van der Waals surface area contributed by atoms with Crippen molar-refractivity contribution < 1.29 is 4.79 Å². The van der Waals surface area contributed by atoms with Crippen LogP contribution in [0, 0.1) is 11.8 Å². The molecule has 3 atom stereocenters. The van der Waals surface area contributed by atoms with E-state index in [1.54, 1.807) is 0 Å². The molecule has 0 aromatic heterocycles. The maximum Gasteiger partial charge on any atom is 0.222 e. The number of carbonyl (C=O) groups excluding carboxylic acids is 1. The lowest BCUT2D eigenvalue weighted by atomic mass is 9.92. The molecule has 2 saturated heterocycles. The molecule has 26 heavy (non-hydrogen) atoms. The zero-order valence-corrected chi connectivity index (χ0v) is 19.3. The lowest BCUT2D eigenvalue weighted by molar-refractivity contribution is -0.129. The van der Waals surface area contributed by atoms with Gasteiger partial charge in [-0.3, -0.25) is 9.79 Å². The Balaban J connectivity index is 0.00000338. The molecule has 3 unspecified atom stereocenters. The van der Waals surface area contributed by atoms with Gasteiger partial charge in [0.15, 0.2) is 5.96 Å². The zero-order chi connectivity index (χ0) is 18.2. The van der Waals surface area contributed by atoms with Crippen LogP contribution in [0.1, 0.15) is 47.0 Å². The quantitative estimate of drug-likeness (QED) is 0.348. The Morgan fingerprint density at radius 1 is 1.15 bits per heavy atom. The van der Waals surface area contributed by atoms with Gasteiger partial charge in [-0.1, -0.05) is 20.8 Å². The largest absolute Gasteiger partial charge is 0.357 e. The molecule has 6 nitrogen and oxygen atoms in total. The fourth-order valence-corrected chi connectivity index (χ4v) is 4.12. The molecular formula is C19H38IN5O. The van der Waals surface area contributed by atoms with Crippen molar-refractivity contribution in [1.82, 2.24) is 20.4 Å². The van der Waals surface area contributed by atoms with E-state index < -0.39 is 0 Å². The van der Waals surface area contributed by atoms with Crippen LogP contribution in [0.4, 0.5) is 0 Å². The van der Waals surface area contributed by atoms with Gasteiger partial charge in [0, 0.05) is 51.7 Å². The number of aliphatic imine (C=N–C) groups is 1. The summed E-state index contributed by atoms with van der Waals surface area (Å²) in [6.45, 7) is 15.4. The Morgan fingerprint density at radius 3 is 2.46 bits per heavy atom. The minimum Gasteiger partial charge on any atom is -0.357 e. The van der Waals surface area contributed by atoms with Gasteiger partial charge >= 0.3 is 0 Å². The van der Waals surface area contributed by atoms with Crippen LogP contribution in [0.5, 0.6) is 0 Å². The molecule has 7 heteroatoms. The number of guanidine groups is 1. The molecule has 2 aliphatic heterocycles. The van der Waals surface area contributed by atoms with Gasteiger partial charge in [0.05, 0.1) is 6.54 Å². The number of nitrogens with zero attached hydrogens (tertiary/aromatic N) is 3. The summed E-state index contributed by atoms with van der Waals surface area (Å²) in [5, 5.41) is 6.85. The summed E-state index contributed by atoms with van der Waals surface area (Å²) >= 11 is 0. The van der Waals surface area contributed by atoms with E-state index in [1.165, 1.54) is 19.5 Å². The number of rotatable bonds is 6. The van der Waals surface area contributed by atoms with E-state index in [0.29, 0.717) is 12.5 Å². The van der Waals surface area contributed by atoms with E-state index in [4.69, 9.17) is 4.99 Å². The van der Waals surface area contributed by atoms with Crippen molar-refractivity contribution in [3.8, 4) is 0 Å². The second-order valence-electron chi connectivity index (χ2n) is 7.79. The molecular weight excluding hydrogens is 441 g/mol. The van der Waals surface area contributed by atoms with Gasteiger partial charge in [-0.2, -0.15) is 0 Å². The van der Waals surface area contributed by atoms with Crippen LogP contribution in [-0.4, -0.2) is 73.5 Å². The number of nitrogens with one attached hydrogen (secondary N) is 2. The standard InChI is InChI=1S/C19H37N5O.HI/c1-5-18(25)24-9-7-17(14-24)22-19(20-6-2)21-8-10-23-12-15(3)11-16(4)13-23;/h15-17H,5-14H2,1-4H3,(H2,20,21,22);1H. The molecule has 0 bridgehead atoms. The highest BCUT2D eigenvalue weighted by atomic mass is 127. The highest BCUT2D eigenvalue weighted by molar-refractivity contribution is 14.0. The minimum absolute atomic E-state index is 0. The number of likely N-dealkylation sites (tertiary alicyclic amines) is 2. The monoisotopic (exact) mass is 479 g/mol. The zero-order valence-electron chi connectivity index (χ0n) is 17.0. The Kier molecular flexibility index (Phi) is 10.8. The molecule has 2 N–H and O–H groups in total. The molecule has 0 aliphatic carbocycles. The van der Waals surface area contributed by atoms with Crippen molar-refractivity contribution in [2.24, 2.45) is 16.8 Å². The molecule has 1 amide bonds. The summed E-state index contributed by atoms with van der Waals surface area (Å²) in [6.07, 6.45) is 2.93. The van der Waals surface area contributed by atoms with Crippen molar-refractivity contribution in [3.63, 3.8) is 0 Å². The summed E-state index contributed by atoms with van der Waals surface area (Å²) in [5.74, 6) is 2.72. The predicted octanol–water partition coefficient (Wildman–Crippen LogP) is 2.15. The van der Waals surface area contributed by atoms with Gasteiger partial charge in [0.25, 0.3) is 0 Å². The second-order valence-corrected chi connectivity index (χ2v) is 7.79. The highest BCUT2D eigenvalue weighted by Gasteiger charge is 2.26. The minimum atomic E-state index is 0. The second kappa shape index (κ2) is 12.0. The van der Waals surface area contributed by atoms with Crippen molar-refractivity contribution in [2.75, 3.05) is 45.8 Å². The fourth-order valence-electron chi connectivity index (χ4n) is 4.12. The molecule has 2 heterocycles. The van der Waals surface area contributed by atoms with Crippen LogP contribution in [0.2, 0.25) is 0 Å². The highest BCUT2D eigenvalue weighted by Crippen LogP contribution is 2.20. The number of carbonyl (C=O) groups is 1. The van der Waals surface area contributed by atoms with Crippen LogP contribution in [0.15, 0.2) is 4.99 Å². The Labute approximate surface area is 176 Å². The van der Waals surface area contributed by atoms with Crippen LogP contribution < -0.4 is 10.6 Å². The molecule has 2 rings (SSSR count). The van der Waals surface area contributed by atoms with Gasteiger partial charge in [0.2, 0.25) is 5.91 Å². The summed E-state index contributed by atoms with van der Waals surface area (Å²) < 4.78 is 0. The first-order valence-electron chi connectivity index (χ1n) is 10.1. The lowest BCUT2D eigenvalue weighted by Gasteiger charge is -2.34. The Hall–Kier alpha value is -0.570. The van der Waals surface area contributed by atoms with Crippen molar-refractivity contribution >= 4 is 35.8 Å². The van der Waals surface area contributed by atoms with E-state index >= 15 is 0 Å². The van der Waals surface area contributed by atoms with E-state index in [2.05, 4.69) is 36.3 Å². The van der Waals surface area contributed by atoms with Gasteiger partial charge in [-0.05, 0) is 31.6 Å². The Morgan fingerprint density at radius 2 is 1.85 bits per heavy atom. The normalized spacial score (nSPS) is 27.2. The van der Waals surface area contributed by atoms with Crippen LogP contribution in [0.3, 0.4) is 0 Å². The van der Waals surface area contributed by atoms with Gasteiger partial charge < -0.3 is 20.4 Å². The van der Waals surface area contributed by atoms with E-state index in [9.17, 15) is 4.79 Å². The number of halogens is 1. The lowest BCUT2D eigenvalue weighted by Crippen LogP contribution is -2.45. The number of piperidine rings is 1. The van der Waals surface area contributed by atoms with Crippen LogP contribution in [-0.2, 0) is 4.79 Å². The first kappa shape index (κ1) is 23.5. The average molecular weight is 479 g/mol. The average Bonchev–Trinajstić information content (AvgIpc) is 3.02. The van der Waals surface area contributed by atoms with Crippen molar-refractivity contribution in [2.45, 2.75) is 53.0 Å². The van der Waals surface area contributed by atoms with E-state index in [-0.39, 0.29) is 29.9 Å². The third-order valence-electron chi connectivity index (χ3n) is 5.16. The topological polar surface area (TPSA) is 60.0 Å².